The van der Waals surface area contributed by atoms with Crippen LogP contribution in [0.4, 0.5) is 0 Å². The van der Waals surface area contributed by atoms with Gasteiger partial charge in [0.25, 0.3) is 20.2 Å². The third kappa shape index (κ3) is 10.9. The van der Waals surface area contributed by atoms with Crippen molar-refractivity contribution in [3.63, 3.8) is 0 Å². The number of allylic oxidation sites excluding steroid dienone is 2. The summed E-state index contributed by atoms with van der Waals surface area (Å²) < 4.78 is 54.0. The maximum absolute atomic E-state index is 11.4. The van der Waals surface area contributed by atoms with Crippen LogP contribution >= 0.6 is 0 Å². The molecule has 0 bridgehead atoms. The molecule has 0 aromatic heterocycles. The third-order valence-corrected chi connectivity index (χ3v) is 6.92. The van der Waals surface area contributed by atoms with Gasteiger partial charge in [-0.15, -0.1) is 0 Å². The lowest BCUT2D eigenvalue weighted by Crippen LogP contribution is -2.22. The zero-order valence-electron chi connectivity index (χ0n) is 15.1. The Labute approximate surface area is 142 Å². The predicted molar refractivity (Wildman–Crippen MR) is 94.4 cm³/mol. The van der Waals surface area contributed by atoms with Gasteiger partial charge in [-0.05, 0) is 47.0 Å². The van der Waals surface area contributed by atoms with Crippen molar-refractivity contribution in [2.24, 2.45) is 0 Å². The van der Waals surface area contributed by atoms with E-state index in [0.717, 1.165) is 0 Å². The van der Waals surface area contributed by atoms with Crippen LogP contribution in [-0.4, -0.2) is 40.5 Å². The minimum absolute atomic E-state index is 0.217. The number of hydrogen-bond donors (Lipinski definition) is 0. The van der Waals surface area contributed by atoms with Crippen LogP contribution in [-0.2, 0) is 28.6 Å². The van der Waals surface area contributed by atoms with E-state index >= 15 is 0 Å². The lowest BCUT2D eigenvalue weighted by Gasteiger charge is -2.12. The Kier molecular flexibility index (Phi) is 13.9. The molecule has 0 aromatic carbocycles. The van der Waals surface area contributed by atoms with E-state index in [-0.39, 0.29) is 18.5 Å². The summed E-state index contributed by atoms with van der Waals surface area (Å²) in [7, 11) is -6.61. The second-order valence-electron chi connectivity index (χ2n) is 4.85. The van der Waals surface area contributed by atoms with E-state index < -0.39 is 25.5 Å². The normalized spacial score (nSPS) is 15.0. The van der Waals surface area contributed by atoms with Crippen LogP contribution in [0.25, 0.3) is 0 Å². The molecular formula is C15H32O6S2. The number of hydrogen-bond acceptors (Lipinski definition) is 6. The fourth-order valence-corrected chi connectivity index (χ4v) is 3.77. The van der Waals surface area contributed by atoms with Crippen molar-refractivity contribution >= 4 is 20.2 Å². The standard InChI is InChI=1S/C9H18O3S.C6H14O3S/c1-4-7-8-9(5-2)13(10,11)12-6-3;1-4-6(3)10(7,8)9-5-2/h4,7,9H,5-6,8H2,1-3H3;6H,4-5H2,1-3H3/b7-4+;. The summed E-state index contributed by atoms with van der Waals surface area (Å²) >= 11 is 0. The minimum atomic E-state index is -3.35. The first kappa shape index (κ1) is 24.8. The van der Waals surface area contributed by atoms with E-state index in [1.165, 1.54) is 0 Å². The Morgan fingerprint density at radius 3 is 1.70 bits per heavy atom. The summed E-state index contributed by atoms with van der Waals surface area (Å²) in [6, 6.07) is 0. The molecule has 0 N–H and O–H groups in total. The van der Waals surface area contributed by atoms with Crippen molar-refractivity contribution in [3.05, 3.63) is 12.2 Å². The highest BCUT2D eigenvalue weighted by atomic mass is 32.2. The molecule has 0 aliphatic rings. The smallest absolute Gasteiger partial charge is 0.270 e. The molecule has 0 heterocycles. The van der Waals surface area contributed by atoms with Gasteiger partial charge in [-0.3, -0.25) is 8.37 Å². The van der Waals surface area contributed by atoms with E-state index in [2.05, 4.69) is 4.18 Å². The van der Waals surface area contributed by atoms with Gasteiger partial charge < -0.3 is 0 Å². The molecule has 6 nitrogen and oxygen atoms in total. The van der Waals surface area contributed by atoms with E-state index in [1.54, 1.807) is 20.8 Å². The molecule has 0 aliphatic carbocycles. The summed E-state index contributed by atoms with van der Waals surface area (Å²) in [5.74, 6) is 0. The minimum Gasteiger partial charge on any atom is -0.270 e. The van der Waals surface area contributed by atoms with Crippen LogP contribution < -0.4 is 0 Å². The molecule has 23 heavy (non-hydrogen) atoms. The van der Waals surface area contributed by atoms with Gasteiger partial charge in [-0.2, -0.15) is 16.8 Å². The molecule has 2 unspecified atom stereocenters. The second-order valence-corrected chi connectivity index (χ2v) is 8.77. The van der Waals surface area contributed by atoms with E-state index in [9.17, 15) is 16.8 Å². The van der Waals surface area contributed by atoms with Crippen LogP contribution in [0.5, 0.6) is 0 Å². The van der Waals surface area contributed by atoms with E-state index in [4.69, 9.17) is 4.18 Å². The largest absolute Gasteiger partial charge is 0.270 e. The fraction of sp³-hybridized carbons (Fsp3) is 0.867. The zero-order valence-corrected chi connectivity index (χ0v) is 16.7. The van der Waals surface area contributed by atoms with Gasteiger partial charge in [0.1, 0.15) is 0 Å². The van der Waals surface area contributed by atoms with Gasteiger partial charge in [0.05, 0.1) is 23.7 Å². The van der Waals surface area contributed by atoms with Crippen LogP contribution in [0.15, 0.2) is 12.2 Å². The first-order valence-corrected chi connectivity index (χ1v) is 10.9. The summed E-state index contributed by atoms with van der Waals surface area (Å²) in [5, 5.41) is -0.781. The number of rotatable bonds is 10. The molecule has 2 atom stereocenters. The molecule has 0 aromatic rings. The maximum atomic E-state index is 11.4. The third-order valence-electron chi connectivity index (χ3n) is 3.13. The molecule has 8 heteroatoms. The zero-order chi connectivity index (χ0) is 18.5. The SMILES string of the molecule is C/C=C/CC(CC)S(=O)(=O)OCC.CCOS(=O)(=O)C(C)CC. The van der Waals surface area contributed by atoms with Crippen LogP contribution in [0.3, 0.4) is 0 Å². The van der Waals surface area contributed by atoms with Crippen molar-refractivity contribution in [1.82, 2.24) is 0 Å². The van der Waals surface area contributed by atoms with Crippen LogP contribution in [0.1, 0.15) is 60.8 Å². The summed E-state index contributed by atoms with van der Waals surface area (Å²) in [6.45, 7) is 11.0. The molecule has 0 saturated carbocycles. The molecular weight excluding hydrogens is 340 g/mol. The highest BCUT2D eigenvalue weighted by molar-refractivity contribution is 7.87. The summed E-state index contributed by atoms with van der Waals surface area (Å²) in [6.07, 6.45) is 5.43. The maximum Gasteiger partial charge on any atom is 0.270 e. The van der Waals surface area contributed by atoms with Gasteiger partial charge in [-0.25, -0.2) is 0 Å². The van der Waals surface area contributed by atoms with Gasteiger partial charge in [0.15, 0.2) is 0 Å². The lowest BCUT2D eigenvalue weighted by atomic mass is 10.2. The molecule has 0 amide bonds. The van der Waals surface area contributed by atoms with Crippen molar-refractivity contribution in [2.45, 2.75) is 71.3 Å². The van der Waals surface area contributed by atoms with Gasteiger partial charge in [-0.1, -0.05) is 26.0 Å². The average molecular weight is 373 g/mol. The first-order chi connectivity index (χ1) is 10.6. The summed E-state index contributed by atoms with van der Waals surface area (Å²) in [4.78, 5) is 0. The van der Waals surface area contributed by atoms with E-state index in [0.29, 0.717) is 19.3 Å². The Morgan fingerprint density at radius 2 is 1.35 bits per heavy atom. The van der Waals surface area contributed by atoms with Crippen LogP contribution in [0, 0.1) is 0 Å². The Bertz CT molecular complexity index is 508. The Hall–Kier alpha value is -0.440. The predicted octanol–water partition coefficient (Wildman–Crippen LogP) is 3.25. The van der Waals surface area contributed by atoms with Crippen molar-refractivity contribution in [3.8, 4) is 0 Å². The lowest BCUT2D eigenvalue weighted by molar-refractivity contribution is 0.329. The fourth-order valence-electron chi connectivity index (χ4n) is 1.52. The van der Waals surface area contributed by atoms with Crippen molar-refractivity contribution < 1.29 is 25.2 Å². The van der Waals surface area contributed by atoms with Gasteiger partial charge in [0, 0.05) is 0 Å². The molecule has 140 valence electrons. The van der Waals surface area contributed by atoms with Gasteiger partial charge >= 0.3 is 0 Å². The highest BCUT2D eigenvalue weighted by Gasteiger charge is 2.22. The Balaban J connectivity index is 0. The highest BCUT2D eigenvalue weighted by Crippen LogP contribution is 2.13. The molecule has 0 aliphatic heterocycles. The van der Waals surface area contributed by atoms with Crippen molar-refractivity contribution in [1.29, 1.82) is 0 Å². The quantitative estimate of drug-likeness (QED) is 0.432. The second kappa shape index (κ2) is 12.9. The molecule has 0 spiro atoms. The van der Waals surface area contributed by atoms with E-state index in [1.807, 2.05) is 32.9 Å². The van der Waals surface area contributed by atoms with Crippen molar-refractivity contribution in [2.75, 3.05) is 13.2 Å². The van der Waals surface area contributed by atoms with Crippen LogP contribution in [0.2, 0.25) is 0 Å². The average Bonchev–Trinajstić information content (AvgIpc) is 2.47. The molecule has 0 saturated heterocycles. The molecule has 0 rings (SSSR count). The Morgan fingerprint density at radius 1 is 0.870 bits per heavy atom. The summed E-state index contributed by atoms with van der Waals surface area (Å²) in [5.41, 5.74) is 0. The first-order valence-electron chi connectivity index (χ1n) is 8.00. The topological polar surface area (TPSA) is 86.7 Å². The molecule has 0 fully saturated rings. The monoisotopic (exact) mass is 372 g/mol. The van der Waals surface area contributed by atoms with Gasteiger partial charge in [0.2, 0.25) is 0 Å². The molecule has 0 radical (unpaired) electrons.